The van der Waals surface area contributed by atoms with E-state index in [1.165, 1.54) is 30.4 Å². The molecule has 0 aromatic carbocycles. The average Bonchev–Trinajstić information content (AvgIpc) is 2.29. The Morgan fingerprint density at radius 3 is 1.76 bits per heavy atom. The van der Waals surface area contributed by atoms with Crippen molar-refractivity contribution in [3.63, 3.8) is 0 Å². The van der Waals surface area contributed by atoms with Gasteiger partial charge < -0.3 is 0 Å². The maximum Gasteiger partial charge on any atom is -0.0191 e. The molecule has 2 atom stereocenters. The zero-order chi connectivity index (χ0) is 13.1. The second-order valence-electron chi connectivity index (χ2n) is 4.57. The second kappa shape index (κ2) is 13.5. The molecule has 0 heterocycles. The van der Waals surface area contributed by atoms with Gasteiger partial charge in [-0.15, -0.1) is 0 Å². The summed E-state index contributed by atoms with van der Waals surface area (Å²) >= 11 is 0. The van der Waals surface area contributed by atoms with Crippen molar-refractivity contribution in [2.45, 2.75) is 74.7 Å². The molecule has 1 aliphatic rings. The van der Waals surface area contributed by atoms with Gasteiger partial charge in [0.2, 0.25) is 0 Å². The molecule has 0 saturated heterocycles. The normalized spacial score (nSPS) is 22.5. The lowest BCUT2D eigenvalue weighted by atomic mass is 9.78. The van der Waals surface area contributed by atoms with Crippen LogP contribution in [0.25, 0.3) is 0 Å². The van der Waals surface area contributed by atoms with Crippen molar-refractivity contribution < 1.29 is 0 Å². The van der Waals surface area contributed by atoms with Crippen molar-refractivity contribution in [1.82, 2.24) is 0 Å². The Kier molecular flexibility index (Phi) is 17.3. The summed E-state index contributed by atoms with van der Waals surface area (Å²) in [6.45, 7) is 20.9. The van der Waals surface area contributed by atoms with Crippen molar-refractivity contribution in [3.05, 3.63) is 24.3 Å². The third-order valence-electron chi connectivity index (χ3n) is 2.90. The Balaban J connectivity index is -0.000000242. The second-order valence-corrected chi connectivity index (χ2v) is 4.57. The van der Waals surface area contributed by atoms with E-state index in [-0.39, 0.29) is 7.43 Å². The number of hydrogen-bond acceptors (Lipinski definition) is 0. The highest BCUT2D eigenvalue weighted by Gasteiger charge is 2.20. The zero-order valence-corrected chi connectivity index (χ0v) is 12.4. The number of allylic oxidation sites excluding steroid dienone is 2. The van der Waals surface area contributed by atoms with Crippen LogP contribution in [0.2, 0.25) is 0 Å². The monoisotopic (exact) mass is 240 g/mol. The van der Waals surface area contributed by atoms with E-state index < -0.39 is 0 Å². The van der Waals surface area contributed by atoms with Gasteiger partial charge in [0.05, 0.1) is 0 Å². The van der Waals surface area contributed by atoms with Gasteiger partial charge in [0, 0.05) is 0 Å². The van der Waals surface area contributed by atoms with Gasteiger partial charge in [-0.05, 0) is 30.3 Å². The molecule has 0 aromatic heterocycles. The van der Waals surface area contributed by atoms with Crippen molar-refractivity contribution in [2.24, 2.45) is 11.8 Å². The molecule has 0 nitrogen and oxygen atoms in total. The van der Waals surface area contributed by atoms with Crippen LogP contribution in [0.4, 0.5) is 0 Å². The fourth-order valence-electron chi connectivity index (χ4n) is 1.73. The highest BCUT2D eigenvalue weighted by Crippen LogP contribution is 2.34. The van der Waals surface area contributed by atoms with Crippen LogP contribution in [0.5, 0.6) is 0 Å². The lowest BCUT2D eigenvalue weighted by molar-refractivity contribution is 0.418. The van der Waals surface area contributed by atoms with Gasteiger partial charge in [0.1, 0.15) is 0 Å². The molecule has 17 heavy (non-hydrogen) atoms. The van der Waals surface area contributed by atoms with Crippen molar-refractivity contribution >= 4 is 0 Å². The molecule has 1 aliphatic carbocycles. The average molecular weight is 240 g/mol. The van der Waals surface area contributed by atoms with Crippen molar-refractivity contribution in [3.8, 4) is 0 Å². The van der Waals surface area contributed by atoms with Crippen LogP contribution in [0.3, 0.4) is 0 Å². The minimum atomic E-state index is 0. The lowest BCUT2D eigenvalue weighted by Crippen LogP contribution is -2.14. The van der Waals surface area contributed by atoms with E-state index in [9.17, 15) is 0 Å². The summed E-state index contributed by atoms with van der Waals surface area (Å²) in [4.78, 5) is 0. The maximum absolute atomic E-state index is 4.01. The molecular formula is C17H36. The topological polar surface area (TPSA) is 0 Å². The van der Waals surface area contributed by atoms with E-state index in [2.05, 4.69) is 40.9 Å². The fourth-order valence-corrected chi connectivity index (χ4v) is 1.73. The van der Waals surface area contributed by atoms with Crippen molar-refractivity contribution in [2.75, 3.05) is 0 Å². The molecule has 0 heteroatoms. The molecule has 1 fully saturated rings. The highest BCUT2D eigenvalue weighted by atomic mass is 14.3. The van der Waals surface area contributed by atoms with Gasteiger partial charge >= 0.3 is 0 Å². The molecular weight excluding hydrogens is 204 g/mol. The summed E-state index contributed by atoms with van der Waals surface area (Å²) < 4.78 is 0. The number of rotatable bonds is 1. The minimum Gasteiger partial charge on any atom is -0.0956 e. The summed E-state index contributed by atoms with van der Waals surface area (Å²) in [7, 11) is 0. The zero-order valence-electron chi connectivity index (χ0n) is 12.4. The Bertz CT molecular complexity index is 186. The Labute approximate surface area is 111 Å². The molecule has 0 aromatic rings. The predicted octanol–water partition coefficient (Wildman–Crippen LogP) is 6.63. The van der Waals surface area contributed by atoms with Crippen LogP contribution in [0.1, 0.15) is 74.7 Å². The first-order valence-corrected chi connectivity index (χ1v) is 6.89. The van der Waals surface area contributed by atoms with E-state index in [0.29, 0.717) is 5.92 Å². The quantitative estimate of drug-likeness (QED) is 0.482. The molecule has 0 radical (unpaired) electrons. The first-order valence-electron chi connectivity index (χ1n) is 6.89. The van der Waals surface area contributed by atoms with Crippen LogP contribution in [0, 0.1) is 11.8 Å². The van der Waals surface area contributed by atoms with Crippen LogP contribution in [0.15, 0.2) is 24.3 Å². The van der Waals surface area contributed by atoms with E-state index in [4.69, 9.17) is 0 Å². The minimum absolute atomic E-state index is 0. The molecule has 1 saturated carbocycles. The summed E-state index contributed by atoms with van der Waals surface area (Å²) in [5, 5.41) is 0. The summed E-state index contributed by atoms with van der Waals surface area (Å²) in [6, 6.07) is 0. The van der Waals surface area contributed by atoms with Crippen molar-refractivity contribution in [1.29, 1.82) is 0 Å². The van der Waals surface area contributed by atoms with Gasteiger partial charge in [0.15, 0.2) is 0 Å². The molecule has 1 rings (SSSR count). The lowest BCUT2D eigenvalue weighted by Gasteiger charge is -2.27. The molecule has 0 spiro atoms. The smallest absolute Gasteiger partial charge is 0.0191 e. The highest BCUT2D eigenvalue weighted by molar-refractivity contribution is 5.29. The standard InChI is InChI=1S/C10H16.C4H10.C2H6.CH4/c1-7-5-8(2)10(4)9(3)6-7;1-3-4-2;1-2;/h7,9H,2,4-6H2,1,3H3;3-4H2,1-2H3;1-2H3;1H4/t7-,9?;;;/m1.../s1. The number of hydrogen-bond donors (Lipinski definition) is 0. The molecule has 1 unspecified atom stereocenters. The molecule has 0 amide bonds. The first kappa shape index (κ1) is 21.7. The van der Waals surface area contributed by atoms with Crippen LogP contribution < -0.4 is 0 Å². The summed E-state index contributed by atoms with van der Waals surface area (Å²) in [5.41, 5.74) is 2.55. The van der Waals surface area contributed by atoms with Crippen LogP contribution >= 0.6 is 0 Å². The molecule has 0 bridgehead atoms. The van der Waals surface area contributed by atoms with Gasteiger partial charge in [-0.1, -0.05) is 80.5 Å². The largest absolute Gasteiger partial charge is 0.0956 e. The van der Waals surface area contributed by atoms with Gasteiger partial charge in [-0.25, -0.2) is 0 Å². The van der Waals surface area contributed by atoms with E-state index in [1.54, 1.807) is 0 Å². The SMILES string of the molecule is C.C=C1C[C@@H](C)CC(C)C1=C.CC.CCCC. The first-order chi connectivity index (χ1) is 7.52. The van der Waals surface area contributed by atoms with Crippen LogP contribution in [-0.2, 0) is 0 Å². The third-order valence-corrected chi connectivity index (χ3v) is 2.90. The maximum atomic E-state index is 4.01. The Hall–Kier alpha value is -0.520. The van der Waals surface area contributed by atoms with Gasteiger partial charge in [-0.3, -0.25) is 0 Å². The molecule has 0 N–H and O–H groups in total. The van der Waals surface area contributed by atoms with Gasteiger partial charge in [0.25, 0.3) is 0 Å². The third kappa shape index (κ3) is 10.4. The molecule has 104 valence electrons. The predicted molar refractivity (Wildman–Crippen MR) is 84.5 cm³/mol. The summed E-state index contributed by atoms with van der Waals surface area (Å²) in [5.74, 6) is 1.48. The van der Waals surface area contributed by atoms with E-state index in [0.717, 1.165) is 12.3 Å². The van der Waals surface area contributed by atoms with E-state index >= 15 is 0 Å². The van der Waals surface area contributed by atoms with Gasteiger partial charge in [-0.2, -0.15) is 0 Å². The summed E-state index contributed by atoms with van der Waals surface area (Å²) in [6.07, 6.45) is 5.08. The molecule has 0 aliphatic heterocycles. The fraction of sp³-hybridized carbons (Fsp3) is 0.765. The number of unbranched alkanes of at least 4 members (excludes halogenated alkanes) is 1. The van der Waals surface area contributed by atoms with Crippen LogP contribution in [-0.4, -0.2) is 0 Å². The Morgan fingerprint density at radius 2 is 1.47 bits per heavy atom. The Morgan fingerprint density at radius 1 is 1.06 bits per heavy atom. The van der Waals surface area contributed by atoms with E-state index in [1.807, 2.05) is 13.8 Å².